The Balaban J connectivity index is 2.15. The van der Waals surface area contributed by atoms with E-state index in [1.54, 1.807) is 6.07 Å². The van der Waals surface area contributed by atoms with E-state index in [2.05, 4.69) is 4.90 Å². The summed E-state index contributed by atoms with van der Waals surface area (Å²) < 4.78 is 6.01. The number of nitro groups is 1. The second-order valence-corrected chi connectivity index (χ2v) is 6.25. The summed E-state index contributed by atoms with van der Waals surface area (Å²) in [6, 6.07) is 3.50. The fraction of sp³-hybridized carbons (Fsp3) is 0.600. The second kappa shape index (κ2) is 4.45. The zero-order valence-electron chi connectivity index (χ0n) is 12.2. The molecule has 0 saturated carbocycles. The second-order valence-electron chi connectivity index (χ2n) is 6.25. The van der Waals surface area contributed by atoms with Gasteiger partial charge >= 0.3 is 5.69 Å². The monoisotopic (exact) mass is 276 g/mol. The van der Waals surface area contributed by atoms with Crippen molar-refractivity contribution in [3.8, 4) is 5.75 Å². The third kappa shape index (κ3) is 1.88. The molecular formula is C15H20N2O3. The molecule has 0 spiro atoms. The zero-order chi connectivity index (χ0) is 14.5. The Morgan fingerprint density at radius 2 is 2.00 bits per heavy atom. The Morgan fingerprint density at radius 1 is 1.35 bits per heavy atom. The van der Waals surface area contributed by atoms with Crippen LogP contribution in [0.2, 0.25) is 0 Å². The van der Waals surface area contributed by atoms with Crippen molar-refractivity contribution in [2.24, 2.45) is 0 Å². The summed E-state index contributed by atoms with van der Waals surface area (Å²) in [4.78, 5) is 13.3. The number of rotatable bonds is 2. The zero-order valence-corrected chi connectivity index (χ0v) is 12.2. The average Bonchev–Trinajstić information content (AvgIpc) is 2.93. The number of hydrogen-bond acceptors (Lipinski definition) is 4. The van der Waals surface area contributed by atoms with Crippen LogP contribution in [0.1, 0.15) is 43.9 Å². The fourth-order valence-corrected chi connectivity index (χ4v) is 3.57. The van der Waals surface area contributed by atoms with Crippen LogP contribution in [0, 0.1) is 17.0 Å². The average molecular weight is 276 g/mol. The summed E-state index contributed by atoms with van der Waals surface area (Å²) in [6.07, 6.45) is 2.38. The van der Waals surface area contributed by atoms with Crippen molar-refractivity contribution in [2.75, 3.05) is 13.1 Å². The highest BCUT2D eigenvalue weighted by atomic mass is 16.6. The van der Waals surface area contributed by atoms with Crippen molar-refractivity contribution >= 4 is 5.69 Å². The highest BCUT2D eigenvalue weighted by Gasteiger charge is 2.48. The maximum Gasteiger partial charge on any atom is 0.311 e. The molecule has 0 aromatic heterocycles. The molecule has 0 aliphatic carbocycles. The van der Waals surface area contributed by atoms with Gasteiger partial charge in [0.1, 0.15) is 5.60 Å². The number of aryl methyl sites for hydroxylation is 1. The van der Waals surface area contributed by atoms with Crippen LogP contribution in [0.25, 0.3) is 0 Å². The molecule has 5 nitrogen and oxygen atoms in total. The number of nitrogens with zero attached hydrogens (tertiary/aromatic N) is 2. The Labute approximate surface area is 118 Å². The third-order valence-corrected chi connectivity index (χ3v) is 4.39. The Kier molecular flexibility index (Phi) is 2.97. The molecular weight excluding hydrogens is 256 g/mol. The number of likely N-dealkylation sites (tertiary alicyclic amines) is 1. The van der Waals surface area contributed by atoms with Crippen molar-refractivity contribution < 1.29 is 9.66 Å². The summed E-state index contributed by atoms with van der Waals surface area (Å²) in [5.74, 6) is 0.469. The summed E-state index contributed by atoms with van der Waals surface area (Å²) in [5.41, 5.74) is 1.74. The van der Waals surface area contributed by atoms with Crippen LogP contribution in [0.5, 0.6) is 5.75 Å². The first-order valence-corrected chi connectivity index (χ1v) is 7.13. The maximum absolute atomic E-state index is 11.2. The molecule has 0 amide bonds. The molecule has 1 aromatic rings. The van der Waals surface area contributed by atoms with Crippen LogP contribution in [-0.2, 0) is 0 Å². The first-order chi connectivity index (χ1) is 9.42. The van der Waals surface area contributed by atoms with Gasteiger partial charge in [0.15, 0.2) is 0 Å². The molecule has 0 radical (unpaired) electrons. The van der Waals surface area contributed by atoms with Crippen molar-refractivity contribution in [3.63, 3.8) is 0 Å². The van der Waals surface area contributed by atoms with E-state index >= 15 is 0 Å². The van der Waals surface area contributed by atoms with Gasteiger partial charge in [0.05, 0.1) is 11.0 Å². The van der Waals surface area contributed by atoms with Gasteiger partial charge in [0, 0.05) is 11.6 Å². The van der Waals surface area contributed by atoms with E-state index in [0.29, 0.717) is 5.75 Å². The Morgan fingerprint density at radius 3 is 2.60 bits per heavy atom. The van der Waals surface area contributed by atoms with Crippen molar-refractivity contribution in [1.29, 1.82) is 0 Å². The molecule has 3 rings (SSSR count). The smallest absolute Gasteiger partial charge is 0.311 e. The summed E-state index contributed by atoms with van der Waals surface area (Å²) >= 11 is 0. The minimum absolute atomic E-state index is 0.0837. The maximum atomic E-state index is 11.2. The van der Waals surface area contributed by atoms with Crippen LogP contribution < -0.4 is 4.74 Å². The van der Waals surface area contributed by atoms with Crippen molar-refractivity contribution in [3.05, 3.63) is 33.4 Å². The lowest BCUT2D eigenvalue weighted by molar-refractivity contribution is -0.386. The predicted molar refractivity (Wildman–Crippen MR) is 76.1 cm³/mol. The molecule has 2 aliphatic rings. The quantitative estimate of drug-likeness (QED) is 0.615. The fourth-order valence-electron chi connectivity index (χ4n) is 3.57. The molecule has 0 bridgehead atoms. The molecule has 0 unspecified atom stereocenters. The number of fused-ring (bicyclic) bond motifs is 1. The van der Waals surface area contributed by atoms with Crippen LogP contribution in [0.15, 0.2) is 12.1 Å². The summed E-state index contributed by atoms with van der Waals surface area (Å²) in [6.45, 7) is 8.15. The molecule has 1 saturated heterocycles. The highest BCUT2D eigenvalue weighted by Crippen LogP contribution is 2.52. The van der Waals surface area contributed by atoms with Crippen LogP contribution in [0.3, 0.4) is 0 Å². The first-order valence-electron chi connectivity index (χ1n) is 7.13. The topological polar surface area (TPSA) is 55.6 Å². The normalized spacial score (nSPS) is 24.4. The standard InChI is InChI=1S/C15H20N2O3/c1-10-6-7-11(17(18)19)13-12(10)14(15(2,3)20-13)16-8-4-5-9-16/h6-7,14H,4-5,8-9H2,1-3H3/t14-/m1/s1. The van der Waals surface area contributed by atoms with Gasteiger partial charge in [-0.3, -0.25) is 15.0 Å². The van der Waals surface area contributed by atoms with Gasteiger partial charge < -0.3 is 4.74 Å². The van der Waals surface area contributed by atoms with Gasteiger partial charge in [-0.15, -0.1) is 0 Å². The van der Waals surface area contributed by atoms with E-state index in [4.69, 9.17) is 4.74 Å². The predicted octanol–water partition coefficient (Wildman–Crippen LogP) is 3.21. The van der Waals surface area contributed by atoms with Gasteiger partial charge in [-0.25, -0.2) is 0 Å². The number of benzene rings is 1. The molecule has 0 N–H and O–H groups in total. The summed E-state index contributed by atoms with van der Waals surface area (Å²) in [7, 11) is 0. The van der Waals surface area contributed by atoms with Crippen molar-refractivity contribution in [2.45, 2.75) is 45.3 Å². The van der Waals surface area contributed by atoms with Crippen LogP contribution in [-0.4, -0.2) is 28.5 Å². The molecule has 1 aromatic carbocycles. The largest absolute Gasteiger partial charge is 0.479 e. The molecule has 2 aliphatic heterocycles. The van der Waals surface area contributed by atoms with Crippen LogP contribution >= 0.6 is 0 Å². The van der Waals surface area contributed by atoms with E-state index in [9.17, 15) is 10.1 Å². The number of nitro benzene ring substituents is 1. The lowest BCUT2D eigenvalue weighted by atomic mass is 9.90. The van der Waals surface area contributed by atoms with Gasteiger partial charge in [0.25, 0.3) is 0 Å². The molecule has 108 valence electrons. The van der Waals surface area contributed by atoms with Gasteiger partial charge in [0.2, 0.25) is 5.75 Å². The molecule has 20 heavy (non-hydrogen) atoms. The van der Waals surface area contributed by atoms with E-state index in [1.807, 2.05) is 26.8 Å². The van der Waals surface area contributed by atoms with Crippen molar-refractivity contribution in [1.82, 2.24) is 4.90 Å². The lowest BCUT2D eigenvalue weighted by Crippen LogP contribution is -2.41. The Hall–Kier alpha value is -1.62. The highest BCUT2D eigenvalue weighted by molar-refractivity contribution is 5.59. The molecule has 1 fully saturated rings. The van der Waals surface area contributed by atoms with E-state index in [-0.39, 0.29) is 16.7 Å². The molecule has 1 atom stereocenters. The number of ether oxygens (including phenoxy) is 1. The Bertz CT molecular complexity index is 562. The molecule has 2 heterocycles. The summed E-state index contributed by atoms with van der Waals surface area (Å²) in [5, 5.41) is 11.2. The van der Waals surface area contributed by atoms with Gasteiger partial charge in [-0.1, -0.05) is 6.07 Å². The first kappa shape index (κ1) is 13.4. The van der Waals surface area contributed by atoms with E-state index < -0.39 is 5.60 Å². The van der Waals surface area contributed by atoms with Gasteiger partial charge in [-0.2, -0.15) is 0 Å². The van der Waals surface area contributed by atoms with Gasteiger partial charge in [-0.05, 0) is 52.3 Å². The SMILES string of the molecule is Cc1ccc([N+](=O)[O-])c2c1[C@@H](N1CCCC1)C(C)(C)O2. The van der Waals surface area contributed by atoms with Crippen LogP contribution in [0.4, 0.5) is 5.69 Å². The van der Waals surface area contributed by atoms with E-state index in [1.165, 1.54) is 12.8 Å². The lowest BCUT2D eigenvalue weighted by Gasteiger charge is -2.33. The molecule has 5 heteroatoms. The minimum Gasteiger partial charge on any atom is -0.479 e. The van der Waals surface area contributed by atoms with E-state index in [0.717, 1.165) is 24.2 Å². The third-order valence-electron chi connectivity index (χ3n) is 4.39. The minimum atomic E-state index is -0.427. The number of hydrogen-bond donors (Lipinski definition) is 0.